The number of hydrogen-bond donors (Lipinski definition) is 2. The van der Waals surface area contributed by atoms with Crippen LogP contribution in [0.5, 0.6) is 0 Å². The lowest BCUT2D eigenvalue weighted by Gasteiger charge is -2.32. The van der Waals surface area contributed by atoms with E-state index in [1.54, 1.807) is 4.31 Å². The molecule has 2 fully saturated rings. The van der Waals surface area contributed by atoms with E-state index in [0.717, 1.165) is 50.3 Å². The maximum absolute atomic E-state index is 12.4. The van der Waals surface area contributed by atoms with Crippen molar-refractivity contribution in [3.05, 3.63) is 0 Å². The minimum Gasteiger partial charge on any atom is -0.316 e. The molecule has 0 aromatic heterocycles. The van der Waals surface area contributed by atoms with Gasteiger partial charge in [-0.2, -0.15) is 29.2 Å². The van der Waals surface area contributed by atoms with Gasteiger partial charge in [0.1, 0.15) is 0 Å². The summed E-state index contributed by atoms with van der Waals surface area (Å²) in [7, 11) is -3.29. The fourth-order valence-electron chi connectivity index (χ4n) is 2.81. The van der Waals surface area contributed by atoms with Crippen LogP contribution in [0.15, 0.2) is 0 Å². The molecule has 0 aromatic rings. The van der Waals surface area contributed by atoms with Gasteiger partial charge in [0.05, 0.1) is 0 Å². The lowest BCUT2D eigenvalue weighted by atomic mass is 10.00. The second-order valence-corrected chi connectivity index (χ2v) is 8.61. The van der Waals surface area contributed by atoms with Gasteiger partial charge in [-0.05, 0) is 50.4 Å². The summed E-state index contributed by atoms with van der Waals surface area (Å²) in [5.41, 5.74) is 0. The molecule has 0 spiro atoms. The smallest absolute Gasteiger partial charge is 0.279 e. The number of rotatable bonds is 7. The van der Waals surface area contributed by atoms with Gasteiger partial charge in [-0.1, -0.05) is 6.92 Å². The maximum atomic E-state index is 12.4. The zero-order valence-electron chi connectivity index (χ0n) is 12.3. The van der Waals surface area contributed by atoms with Gasteiger partial charge < -0.3 is 5.32 Å². The highest BCUT2D eigenvalue weighted by molar-refractivity contribution is 7.99. The lowest BCUT2D eigenvalue weighted by Crippen LogP contribution is -2.50. The molecule has 0 aromatic carbocycles. The Morgan fingerprint density at radius 2 is 2.20 bits per heavy atom. The molecular formula is C13H27N3O2S2. The van der Waals surface area contributed by atoms with Crippen LogP contribution >= 0.6 is 11.8 Å². The van der Waals surface area contributed by atoms with E-state index in [9.17, 15) is 8.42 Å². The molecule has 0 radical (unpaired) electrons. The molecule has 0 amide bonds. The summed E-state index contributed by atoms with van der Waals surface area (Å²) in [6.07, 6.45) is 4.18. The lowest BCUT2D eigenvalue weighted by molar-refractivity contribution is 0.257. The van der Waals surface area contributed by atoms with Crippen molar-refractivity contribution in [1.29, 1.82) is 0 Å². The number of thioether (sulfide) groups is 1. The minimum atomic E-state index is -3.29. The van der Waals surface area contributed by atoms with Gasteiger partial charge >= 0.3 is 0 Å². The zero-order valence-corrected chi connectivity index (χ0v) is 13.9. The number of nitrogens with one attached hydrogen (secondary N) is 2. The van der Waals surface area contributed by atoms with Crippen LogP contribution in [0.3, 0.4) is 0 Å². The summed E-state index contributed by atoms with van der Waals surface area (Å²) < 4.78 is 29.3. The van der Waals surface area contributed by atoms with Crippen LogP contribution in [0.25, 0.3) is 0 Å². The monoisotopic (exact) mass is 321 g/mol. The first-order chi connectivity index (χ1) is 9.62. The Balaban J connectivity index is 1.83. The molecule has 2 saturated heterocycles. The predicted molar refractivity (Wildman–Crippen MR) is 85.2 cm³/mol. The van der Waals surface area contributed by atoms with E-state index < -0.39 is 10.2 Å². The van der Waals surface area contributed by atoms with Crippen LogP contribution in [-0.2, 0) is 10.2 Å². The average molecular weight is 322 g/mol. The third-order valence-electron chi connectivity index (χ3n) is 3.93. The number of hydrogen-bond acceptors (Lipinski definition) is 4. The molecular weight excluding hydrogens is 294 g/mol. The van der Waals surface area contributed by atoms with Crippen molar-refractivity contribution < 1.29 is 8.42 Å². The Hall–Kier alpha value is 0.180. The SMILES string of the molecule is CCCNCC1CCCN(S(=O)(=O)NC2CCSC2)C1. The summed E-state index contributed by atoms with van der Waals surface area (Å²) in [5.74, 6) is 2.43. The third-order valence-corrected chi connectivity index (χ3v) is 6.73. The van der Waals surface area contributed by atoms with Crippen molar-refractivity contribution in [2.24, 2.45) is 5.92 Å². The standard InChI is InChI=1S/C13H27N3O2S2/c1-2-6-14-9-12-4-3-7-16(10-12)20(17,18)15-13-5-8-19-11-13/h12-15H,2-11H2,1H3. The summed E-state index contributed by atoms with van der Waals surface area (Å²) in [5, 5.41) is 3.40. The zero-order chi connectivity index (χ0) is 14.4. The molecule has 0 aliphatic carbocycles. The van der Waals surface area contributed by atoms with Crippen LogP contribution in [0.1, 0.15) is 32.6 Å². The average Bonchev–Trinajstić information content (AvgIpc) is 2.92. The fourth-order valence-corrected chi connectivity index (χ4v) is 5.61. The van der Waals surface area contributed by atoms with Crippen LogP contribution in [0.2, 0.25) is 0 Å². The van der Waals surface area contributed by atoms with E-state index in [2.05, 4.69) is 17.0 Å². The summed E-state index contributed by atoms with van der Waals surface area (Å²) in [4.78, 5) is 0. The highest BCUT2D eigenvalue weighted by atomic mass is 32.2. The van der Waals surface area contributed by atoms with Gasteiger partial charge in [0, 0.05) is 24.9 Å². The normalized spacial score (nSPS) is 28.9. The molecule has 0 saturated carbocycles. The van der Waals surface area contributed by atoms with Gasteiger partial charge in [0.25, 0.3) is 10.2 Å². The highest BCUT2D eigenvalue weighted by Crippen LogP contribution is 2.21. The van der Waals surface area contributed by atoms with Crippen molar-refractivity contribution in [2.45, 2.75) is 38.6 Å². The summed E-state index contributed by atoms with van der Waals surface area (Å²) in [6, 6.07) is 0.128. The van der Waals surface area contributed by atoms with Gasteiger partial charge in [0.15, 0.2) is 0 Å². The maximum Gasteiger partial charge on any atom is 0.279 e. The molecule has 2 aliphatic rings. The molecule has 7 heteroatoms. The minimum absolute atomic E-state index is 0.128. The fraction of sp³-hybridized carbons (Fsp3) is 1.00. The van der Waals surface area contributed by atoms with Crippen molar-refractivity contribution in [3.8, 4) is 0 Å². The predicted octanol–water partition coefficient (Wildman–Crippen LogP) is 1.04. The summed E-state index contributed by atoms with van der Waals surface area (Å²) >= 11 is 1.83. The Bertz CT molecular complexity index is 383. The van der Waals surface area contributed by atoms with Crippen LogP contribution in [0.4, 0.5) is 0 Å². The molecule has 2 aliphatic heterocycles. The van der Waals surface area contributed by atoms with E-state index in [-0.39, 0.29) is 6.04 Å². The first kappa shape index (κ1) is 16.5. The van der Waals surface area contributed by atoms with Gasteiger partial charge in [-0.25, -0.2) is 0 Å². The van der Waals surface area contributed by atoms with Crippen LogP contribution in [0, 0.1) is 5.92 Å². The van der Waals surface area contributed by atoms with Crippen molar-refractivity contribution in [2.75, 3.05) is 37.7 Å². The molecule has 2 heterocycles. The van der Waals surface area contributed by atoms with Crippen molar-refractivity contribution in [1.82, 2.24) is 14.3 Å². The molecule has 118 valence electrons. The third kappa shape index (κ3) is 4.87. The molecule has 2 unspecified atom stereocenters. The Morgan fingerprint density at radius 3 is 2.90 bits per heavy atom. The highest BCUT2D eigenvalue weighted by Gasteiger charge is 2.31. The molecule has 5 nitrogen and oxygen atoms in total. The second-order valence-electron chi connectivity index (χ2n) is 5.75. The number of piperidine rings is 1. The topological polar surface area (TPSA) is 61.4 Å². The Kier molecular flexibility index (Phi) is 6.61. The molecule has 0 bridgehead atoms. The number of nitrogens with zero attached hydrogens (tertiary/aromatic N) is 1. The van der Waals surface area contributed by atoms with E-state index >= 15 is 0 Å². The first-order valence-corrected chi connectivity index (χ1v) is 10.3. The first-order valence-electron chi connectivity index (χ1n) is 7.67. The molecule has 20 heavy (non-hydrogen) atoms. The quantitative estimate of drug-likeness (QED) is 0.688. The van der Waals surface area contributed by atoms with Crippen molar-refractivity contribution in [3.63, 3.8) is 0 Å². The van der Waals surface area contributed by atoms with E-state index in [4.69, 9.17) is 0 Å². The Labute approximate surface area is 127 Å². The van der Waals surface area contributed by atoms with E-state index in [1.807, 2.05) is 11.8 Å². The second kappa shape index (κ2) is 7.98. The van der Waals surface area contributed by atoms with Crippen LogP contribution < -0.4 is 10.0 Å². The van der Waals surface area contributed by atoms with E-state index in [0.29, 0.717) is 19.0 Å². The molecule has 2 atom stereocenters. The van der Waals surface area contributed by atoms with Gasteiger partial charge in [-0.15, -0.1) is 0 Å². The molecule has 2 N–H and O–H groups in total. The molecule has 2 rings (SSSR count). The largest absolute Gasteiger partial charge is 0.316 e. The van der Waals surface area contributed by atoms with Gasteiger partial charge in [0.2, 0.25) is 0 Å². The van der Waals surface area contributed by atoms with Crippen LogP contribution in [-0.4, -0.2) is 56.4 Å². The van der Waals surface area contributed by atoms with E-state index in [1.165, 1.54) is 0 Å². The Morgan fingerprint density at radius 1 is 1.35 bits per heavy atom. The summed E-state index contributed by atoms with van der Waals surface area (Å²) in [6.45, 7) is 5.42. The van der Waals surface area contributed by atoms with Crippen molar-refractivity contribution >= 4 is 22.0 Å². The van der Waals surface area contributed by atoms with Gasteiger partial charge in [-0.3, -0.25) is 0 Å².